The van der Waals surface area contributed by atoms with Crippen molar-refractivity contribution < 1.29 is 9.59 Å². The summed E-state index contributed by atoms with van der Waals surface area (Å²) in [4.78, 5) is 26.5. The van der Waals surface area contributed by atoms with Crippen LogP contribution in [0.2, 0.25) is 0 Å². The Hall–Kier alpha value is -1.93. The van der Waals surface area contributed by atoms with Gasteiger partial charge in [-0.3, -0.25) is 14.9 Å². The van der Waals surface area contributed by atoms with E-state index in [9.17, 15) is 9.59 Å². The zero-order valence-corrected chi connectivity index (χ0v) is 13.5. The number of rotatable bonds is 3. The van der Waals surface area contributed by atoms with Crippen LogP contribution in [0.15, 0.2) is 30.3 Å². The summed E-state index contributed by atoms with van der Waals surface area (Å²) in [5.41, 5.74) is 0.592. The summed E-state index contributed by atoms with van der Waals surface area (Å²) in [6.07, 6.45) is 0. The van der Waals surface area contributed by atoms with Crippen LogP contribution in [0.3, 0.4) is 0 Å². The van der Waals surface area contributed by atoms with Gasteiger partial charge in [0.2, 0.25) is 11.0 Å². The van der Waals surface area contributed by atoms with E-state index in [1.54, 1.807) is 28.8 Å². The van der Waals surface area contributed by atoms with Crippen molar-refractivity contribution in [1.82, 2.24) is 15.1 Å². The van der Waals surface area contributed by atoms with Gasteiger partial charge in [0.1, 0.15) is 11.0 Å². The topological polar surface area (TPSA) is 75.2 Å². The molecule has 6 nitrogen and oxygen atoms in total. The molecule has 0 aliphatic carbocycles. The molecule has 2 amide bonds. The summed E-state index contributed by atoms with van der Waals surface area (Å²) in [5, 5.41) is 11.7. The SMILES string of the molecule is Cc1nnc(NC(=O)C2CSCN2C(=O)c2ccccc2)s1. The van der Waals surface area contributed by atoms with Crippen molar-refractivity contribution in [3.63, 3.8) is 0 Å². The zero-order chi connectivity index (χ0) is 15.5. The number of aromatic nitrogens is 2. The van der Waals surface area contributed by atoms with E-state index in [2.05, 4.69) is 15.5 Å². The number of aryl methyl sites for hydroxylation is 1. The third-order valence-electron chi connectivity index (χ3n) is 3.22. The predicted octanol–water partition coefficient (Wildman–Crippen LogP) is 2.00. The van der Waals surface area contributed by atoms with Crippen LogP contribution in [0.5, 0.6) is 0 Å². The van der Waals surface area contributed by atoms with Crippen LogP contribution in [-0.2, 0) is 4.79 Å². The number of amides is 2. The molecule has 3 rings (SSSR count). The van der Waals surface area contributed by atoms with Crippen LogP contribution < -0.4 is 5.32 Å². The first-order chi connectivity index (χ1) is 10.6. The van der Waals surface area contributed by atoms with Gasteiger partial charge in [-0.2, -0.15) is 0 Å². The Kier molecular flexibility index (Phi) is 4.39. The first-order valence-electron chi connectivity index (χ1n) is 6.70. The molecule has 22 heavy (non-hydrogen) atoms. The molecular weight excluding hydrogens is 320 g/mol. The maximum absolute atomic E-state index is 12.5. The second kappa shape index (κ2) is 6.45. The first-order valence-corrected chi connectivity index (χ1v) is 8.67. The number of hydrogen-bond donors (Lipinski definition) is 1. The molecule has 0 radical (unpaired) electrons. The summed E-state index contributed by atoms with van der Waals surface area (Å²) in [6, 6.07) is 8.52. The van der Waals surface area contributed by atoms with E-state index < -0.39 is 6.04 Å². The van der Waals surface area contributed by atoms with Gasteiger partial charge < -0.3 is 4.90 Å². The van der Waals surface area contributed by atoms with Crippen molar-refractivity contribution in [2.45, 2.75) is 13.0 Å². The van der Waals surface area contributed by atoms with Gasteiger partial charge >= 0.3 is 0 Å². The Labute approximate surface area is 135 Å². The highest BCUT2D eigenvalue weighted by atomic mass is 32.2. The highest BCUT2D eigenvalue weighted by molar-refractivity contribution is 7.99. The fourth-order valence-corrected chi connectivity index (χ4v) is 3.89. The fourth-order valence-electron chi connectivity index (χ4n) is 2.14. The van der Waals surface area contributed by atoms with Gasteiger partial charge in [-0.1, -0.05) is 29.5 Å². The van der Waals surface area contributed by atoms with Gasteiger partial charge in [-0.15, -0.1) is 22.0 Å². The summed E-state index contributed by atoms with van der Waals surface area (Å²) in [7, 11) is 0. The van der Waals surface area contributed by atoms with Gasteiger partial charge in [0.25, 0.3) is 5.91 Å². The van der Waals surface area contributed by atoms with Crippen molar-refractivity contribution in [1.29, 1.82) is 0 Å². The third kappa shape index (κ3) is 3.12. The zero-order valence-electron chi connectivity index (χ0n) is 11.9. The summed E-state index contributed by atoms with van der Waals surface area (Å²) >= 11 is 2.89. The Morgan fingerprint density at radius 3 is 2.73 bits per heavy atom. The summed E-state index contributed by atoms with van der Waals surface area (Å²) in [6.45, 7) is 1.82. The van der Waals surface area contributed by atoms with Crippen molar-refractivity contribution in [2.75, 3.05) is 16.9 Å². The lowest BCUT2D eigenvalue weighted by Crippen LogP contribution is -2.44. The fraction of sp³-hybridized carbons (Fsp3) is 0.286. The second-order valence-electron chi connectivity index (χ2n) is 4.77. The minimum atomic E-state index is -0.484. The highest BCUT2D eigenvalue weighted by Gasteiger charge is 2.35. The second-order valence-corrected chi connectivity index (χ2v) is 6.95. The summed E-state index contributed by atoms with van der Waals surface area (Å²) in [5.74, 6) is 0.757. The number of nitrogens with zero attached hydrogens (tertiary/aromatic N) is 3. The predicted molar refractivity (Wildman–Crippen MR) is 87.0 cm³/mol. The van der Waals surface area contributed by atoms with Crippen molar-refractivity contribution in [2.24, 2.45) is 0 Å². The molecule has 0 bridgehead atoms. The molecular formula is C14H14N4O2S2. The molecule has 1 aliphatic heterocycles. The molecule has 0 spiro atoms. The molecule has 1 saturated heterocycles. The maximum atomic E-state index is 12.5. The van der Waals surface area contributed by atoms with E-state index in [1.165, 1.54) is 11.3 Å². The number of hydrogen-bond acceptors (Lipinski definition) is 6. The lowest BCUT2D eigenvalue weighted by Gasteiger charge is -2.22. The van der Waals surface area contributed by atoms with E-state index in [0.717, 1.165) is 5.01 Å². The molecule has 1 aromatic carbocycles. The van der Waals surface area contributed by atoms with E-state index >= 15 is 0 Å². The number of thioether (sulfide) groups is 1. The average Bonchev–Trinajstić information content (AvgIpc) is 3.16. The molecule has 1 aliphatic rings. The van der Waals surface area contributed by atoms with Crippen molar-refractivity contribution >= 4 is 40.0 Å². The summed E-state index contributed by atoms with van der Waals surface area (Å²) < 4.78 is 0. The minimum absolute atomic E-state index is 0.126. The minimum Gasteiger partial charge on any atom is -0.316 e. The Bertz CT molecular complexity index is 689. The van der Waals surface area contributed by atoms with Crippen molar-refractivity contribution in [3.05, 3.63) is 40.9 Å². The van der Waals surface area contributed by atoms with E-state index in [-0.39, 0.29) is 11.8 Å². The normalized spacial score (nSPS) is 17.5. The van der Waals surface area contributed by atoms with Crippen LogP contribution in [-0.4, -0.2) is 44.6 Å². The number of nitrogens with one attached hydrogen (secondary N) is 1. The molecule has 8 heteroatoms. The highest BCUT2D eigenvalue weighted by Crippen LogP contribution is 2.25. The lowest BCUT2D eigenvalue weighted by atomic mass is 10.1. The number of carbonyl (C=O) groups excluding carboxylic acids is 2. The number of anilines is 1. The lowest BCUT2D eigenvalue weighted by molar-refractivity contribution is -0.119. The molecule has 114 valence electrons. The van der Waals surface area contributed by atoms with Gasteiger partial charge in [0.15, 0.2) is 0 Å². The third-order valence-corrected chi connectivity index (χ3v) is 4.99. The Morgan fingerprint density at radius 2 is 2.05 bits per heavy atom. The van der Waals surface area contributed by atoms with Gasteiger partial charge in [0.05, 0.1) is 5.88 Å². The standard InChI is InChI=1S/C14H14N4O2S2/c1-9-16-17-14(22-9)15-12(19)11-7-21-8-18(11)13(20)10-5-3-2-4-6-10/h2-6,11H,7-8H2,1H3,(H,15,17,19). The quantitative estimate of drug-likeness (QED) is 0.929. The van der Waals surface area contributed by atoms with Crippen LogP contribution in [0.4, 0.5) is 5.13 Å². The molecule has 2 heterocycles. The van der Waals surface area contributed by atoms with Crippen LogP contribution in [0.1, 0.15) is 15.4 Å². The molecule has 0 saturated carbocycles. The molecule has 1 unspecified atom stereocenters. The Morgan fingerprint density at radius 1 is 1.27 bits per heavy atom. The molecule has 1 fully saturated rings. The average molecular weight is 334 g/mol. The van der Waals surface area contributed by atoms with Gasteiger partial charge in [-0.05, 0) is 19.1 Å². The van der Waals surface area contributed by atoms with E-state index in [0.29, 0.717) is 22.3 Å². The van der Waals surface area contributed by atoms with E-state index in [4.69, 9.17) is 0 Å². The largest absolute Gasteiger partial charge is 0.316 e. The number of carbonyl (C=O) groups is 2. The molecule has 1 aromatic heterocycles. The van der Waals surface area contributed by atoms with Crippen LogP contribution in [0, 0.1) is 6.92 Å². The Balaban J connectivity index is 1.72. The molecule has 1 atom stereocenters. The van der Waals surface area contributed by atoms with Gasteiger partial charge in [0, 0.05) is 11.3 Å². The smallest absolute Gasteiger partial charge is 0.255 e. The maximum Gasteiger partial charge on any atom is 0.255 e. The molecule has 2 aromatic rings. The molecule has 1 N–H and O–H groups in total. The number of benzene rings is 1. The van der Waals surface area contributed by atoms with Crippen LogP contribution in [0.25, 0.3) is 0 Å². The van der Waals surface area contributed by atoms with Gasteiger partial charge in [-0.25, -0.2) is 0 Å². The monoisotopic (exact) mass is 334 g/mol. The van der Waals surface area contributed by atoms with Crippen LogP contribution >= 0.6 is 23.1 Å². The van der Waals surface area contributed by atoms with E-state index in [1.807, 2.05) is 25.1 Å². The van der Waals surface area contributed by atoms with Crippen molar-refractivity contribution in [3.8, 4) is 0 Å². The first kappa shape index (κ1) is 15.0.